The van der Waals surface area contributed by atoms with Crippen molar-refractivity contribution in [3.8, 4) is 16.3 Å². The van der Waals surface area contributed by atoms with E-state index in [9.17, 15) is 13.2 Å². The van der Waals surface area contributed by atoms with Gasteiger partial charge < -0.3 is 4.74 Å². The van der Waals surface area contributed by atoms with Gasteiger partial charge in [-0.1, -0.05) is 64.4 Å². The Labute approximate surface area is 222 Å². The van der Waals surface area contributed by atoms with Crippen LogP contribution in [0.3, 0.4) is 0 Å². The minimum Gasteiger partial charge on any atom is -0.495 e. The van der Waals surface area contributed by atoms with Gasteiger partial charge in [-0.3, -0.25) is 14.4 Å². The molecule has 4 rings (SSSR count). The van der Waals surface area contributed by atoms with Gasteiger partial charge in [0.2, 0.25) is 11.0 Å². The molecule has 0 bridgehead atoms. The molecule has 12 heteroatoms. The van der Waals surface area contributed by atoms with E-state index < -0.39 is 22.5 Å². The Bertz CT molecular complexity index is 1490. The number of nitrogens with zero attached hydrogens (tertiary/aromatic N) is 3. The highest BCUT2D eigenvalue weighted by molar-refractivity contribution is 7.92. The molecule has 36 heavy (non-hydrogen) atoms. The van der Waals surface area contributed by atoms with Crippen LogP contribution in [0.15, 0.2) is 71.6 Å². The topological polar surface area (TPSA) is 101 Å². The predicted molar refractivity (Wildman–Crippen MR) is 143 cm³/mol. The third-order valence-electron chi connectivity index (χ3n) is 5.08. The van der Waals surface area contributed by atoms with E-state index in [0.717, 1.165) is 26.8 Å². The molecule has 186 valence electrons. The number of anilines is 2. The lowest BCUT2D eigenvalue weighted by Crippen LogP contribution is -2.38. The molecule has 0 radical (unpaired) electrons. The second kappa shape index (κ2) is 10.8. The van der Waals surface area contributed by atoms with Crippen LogP contribution in [0.25, 0.3) is 10.6 Å². The van der Waals surface area contributed by atoms with Crippen molar-refractivity contribution in [2.24, 2.45) is 0 Å². The summed E-state index contributed by atoms with van der Waals surface area (Å²) in [4.78, 5) is 13.0. The van der Waals surface area contributed by atoms with Crippen LogP contribution >= 0.6 is 34.5 Å². The van der Waals surface area contributed by atoms with Gasteiger partial charge >= 0.3 is 0 Å². The minimum atomic E-state index is -4.11. The van der Waals surface area contributed by atoms with Gasteiger partial charge in [0.05, 0.1) is 22.7 Å². The smallest absolute Gasteiger partial charge is 0.264 e. The molecule has 1 amide bonds. The SMILES string of the molecule is COc1ccc(N(CC(=O)Nc2nnc(-c3ccc(Cl)cc3)s2)S(=O)(=O)c2ccc(C)cc2)cc1Cl. The first kappa shape index (κ1) is 25.9. The van der Waals surface area contributed by atoms with Crippen molar-refractivity contribution in [2.75, 3.05) is 23.3 Å². The number of amides is 1. The van der Waals surface area contributed by atoms with Gasteiger partial charge in [-0.15, -0.1) is 10.2 Å². The molecule has 4 aromatic rings. The maximum Gasteiger partial charge on any atom is 0.264 e. The van der Waals surface area contributed by atoms with Gasteiger partial charge in [0.25, 0.3) is 10.0 Å². The summed E-state index contributed by atoms with van der Waals surface area (Å²) in [6, 6.07) is 17.9. The number of methoxy groups -OCH3 is 1. The number of carbonyl (C=O) groups is 1. The molecule has 0 saturated heterocycles. The Morgan fingerprint density at radius 2 is 1.72 bits per heavy atom. The first-order valence-electron chi connectivity index (χ1n) is 10.5. The van der Waals surface area contributed by atoms with E-state index in [1.165, 1.54) is 37.4 Å². The largest absolute Gasteiger partial charge is 0.495 e. The van der Waals surface area contributed by atoms with Crippen molar-refractivity contribution in [1.29, 1.82) is 0 Å². The zero-order valence-electron chi connectivity index (χ0n) is 19.1. The number of hydrogen-bond acceptors (Lipinski definition) is 7. The number of carbonyl (C=O) groups excluding carboxylic acids is 1. The summed E-state index contributed by atoms with van der Waals surface area (Å²) < 4.78 is 33.3. The number of aryl methyl sites for hydroxylation is 1. The molecular weight excluding hydrogens is 543 g/mol. The second-order valence-corrected chi connectivity index (χ2v) is 11.3. The van der Waals surface area contributed by atoms with Crippen molar-refractivity contribution in [2.45, 2.75) is 11.8 Å². The molecule has 3 aromatic carbocycles. The number of halogens is 2. The van der Waals surface area contributed by atoms with E-state index in [0.29, 0.717) is 15.8 Å². The average Bonchev–Trinajstić information content (AvgIpc) is 3.31. The number of rotatable bonds is 8. The third kappa shape index (κ3) is 5.79. The molecule has 1 heterocycles. The normalized spacial score (nSPS) is 11.2. The Hall–Kier alpha value is -3.18. The highest BCUT2D eigenvalue weighted by Crippen LogP contribution is 2.32. The minimum absolute atomic E-state index is 0.0359. The Balaban J connectivity index is 1.61. The number of nitrogens with one attached hydrogen (secondary N) is 1. The average molecular weight is 563 g/mol. The van der Waals surface area contributed by atoms with E-state index in [-0.39, 0.29) is 20.7 Å². The molecule has 0 atom stereocenters. The number of benzene rings is 3. The van der Waals surface area contributed by atoms with Gasteiger partial charge in [0.1, 0.15) is 17.3 Å². The summed E-state index contributed by atoms with van der Waals surface area (Å²) in [5.74, 6) is -0.224. The zero-order valence-corrected chi connectivity index (χ0v) is 22.2. The van der Waals surface area contributed by atoms with E-state index in [1.54, 1.807) is 36.4 Å². The van der Waals surface area contributed by atoms with Crippen LogP contribution < -0.4 is 14.4 Å². The molecule has 0 aliphatic rings. The lowest BCUT2D eigenvalue weighted by atomic mass is 10.2. The van der Waals surface area contributed by atoms with Crippen molar-refractivity contribution in [3.05, 3.63) is 82.3 Å². The Morgan fingerprint density at radius 1 is 1.03 bits per heavy atom. The molecule has 0 aliphatic carbocycles. The molecule has 8 nitrogen and oxygen atoms in total. The van der Waals surface area contributed by atoms with Crippen LogP contribution in [0, 0.1) is 6.92 Å². The summed E-state index contributed by atoms with van der Waals surface area (Å²) in [7, 11) is -2.65. The van der Waals surface area contributed by atoms with Gasteiger partial charge in [-0.2, -0.15) is 0 Å². The first-order valence-corrected chi connectivity index (χ1v) is 13.5. The van der Waals surface area contributed by atoms with Gasteiger partial charge in [-0.05, 0) is 49.4 Å². The summed E-state index contributed by atoms with van der Waals surface area (Å²) in [5, 5.41) is 12.3. The summed E-state index contributed by atoms with van der Waals surface area (Å²) in [6.07, 6.45) is 0. The number of hydrogen-bond donors (Lipinski definition) is 1. The maximum atomic E-state index is 13.5. The number of aromatic nitrogens is 2. The highest BCUT2D eigenvalue weighted by Gasteiger charge is 2.28. The van der Waals surface area contributed by atoms with E-state index in [4.69, 9.17) is 27.9 Å². The molecule has 0 spiro atoms. The molecule has 1 N–H and O–H groups in total. The molecule has 0 aliphatic heterocycles. The van der Waals surface area contributed by atoms with E-state index in [2.05, 4.69) is 15.5 Å². The van der Waals surface area contributed by atoms with Crippen molar-refractivity contribution < 1.29 is 17.9 Å². The van der Waals surface area contributed by atoms with Crippen LogP contribution in [0.5, 0.6) is 5.75 Å². The van der Waals surface area contributed by atoms with Crippen molar-refractivity contribution >= 4 is 61.3 Å². The summed E-state index contributed by atoms with van der Waals surface area (Å²) in [5.41, 5.74) is 1.89. The van der Waals surface area contributed by atoms with Crippen LogP contribution in [-0.2, 0) is 14.8 Å². The fourth-order valence-corrected chi connectivity index (χ4v) is 5.79. The fourth-order valence-electron chi connectivity index (χ4n) is 3.24. The highest BCUT2D eigenvalue weighted by atomic mass is 35.5. The molecule has 0 unspecified atom stereocenters. The molecule has 0 saturated carbocycles. The van der Waals surface area contributed by atoms with Gasteiger partial charge in [0, 0.05) is 10.6 Å². The predicted octanol–water partition coefficient (Wildman–Crippen LogP) is 5.66. The monoisotopic (exact) mass is 562 g/mol. The maximum absolute atomic E-state index is 13.5. The molecule has 1 aromatic heterocycles. The Morgan fingerprint density at radius 3 is 2.36 bits per heavy atom. The van der Waals surface area contributed by atoms with Gasteiger partial charge in [-0.25, -0.2) is 8.42 Å². The lowest BCUT2D eigenvalue weighted by molar-refractivity contribution is -0.114. The van der Waals surface area contributed by atoms with E-state index in [1.807, 2.05) is 6.92 Å². The van der Waals surface area contributed by atoms with Crippen LogP contribution in [-0.4, -0.2) is 38.2 Å². The number of ether oxygens (including phenoxy) is 1. The third-order valence-corrected chi connectivity index (χ3v) is 8.31. The number of sulfonamides is 1. The van der Waals surface area contributed by atoms with E-state index >= 15 is 0 Å². The van der Waals surface area contributed by atoms with Crippen LogP contribution in [0.4, 0.5) is 10.8 Å². The fraction of sp³-hybridized carbons (Fsp3) is 0.125. The van der Waals surface area contributed by atoms with Crippen LogP contribution in [0.1, 0.15) is 5.56 Å². The quantitative estimate of drug-likeness (QED) is 0.297. The summed E-state index contributed by atoms with van der Waals surface area (Å²) in [6.45, 7) is 1.33. The zero-order chi connectivity index (χ0) is 25.9. The first-order chi connectivity index (χ1) is 17.2. The lowest BCUT2D eigenvalue weighted by Gasteiger charge is -2.24. The summed E-state index contributed by atoms with van der Waals surface area (Å²) >= 11 is 13.3. The van der Waals surface area contributed by atoms with Gasteiger partial charge in [0.15, 0.2) is 0 Å². The standard InChI is InChI=1S/C24H20Cl2N4O4S2/c1-15-3-10-19(11-4-15)36(32,33)30(18-9-12-21(34-2)20(26)13-18)14-22(31)27-24-29-28-23(35-24)16-5-7-17(25)8-6-16/h3-13H,14H2,1-2H3,(H,27,29,31). The van der Waals surface area contributed by atoms with Crippen LogP contribution in [0.2, 0.25) is 10.0 Å². The van der Waals surface area contributed by atoms with Crippen molar-refractivity contribution in [3.63, 3.8) is 0 Å². The second-order valence-electron chi connectivity index (χ2n) is 7.61. The molecular formula is C24H20Cl2N4O4S2. The molecule has 0 fully saturated rings. The Kier molecular flexibility index (Phi) is 7.79. The van der Waals surface area contributed by atoms with Crippen molar-refractivity contribution in [1.82, 2.24) is 10.2 Å².